The van der Waals surface area contributed by atoms with Crippen molar-refractivity contribution in [2.75, 3.05) is 0 Å². The highest BCUT2D eigenvalue weighted by molar-refractivity contribution is 5.83. The molecule has 0 fully saturated rings. The van der Waals surface area contributed by atoms with E-state index in [0.717, 1.165) is 16.3 Å². The Morgan fingerprint density at radius 2 is 2.00 bits per heavy atom. The van der Waals surface area contributed by atoms with Gasteiger partial charge in [0.05, 0.1) is 0 Å². The first-order valence-electron chi connectivity index (χ1n) is 3.87. The fourth-order valence-electron chi connectivity index (χ4n) is 1.27. The van der Waals surface area contributed by atoms with Gasteiger partial charge in [-0.2, -0.15) is 0 Å². The van der Waals surface area contributed by atoms with E-state index in [1.807, 2.05) is 25.1 Å². The minimum atomic E-state index is 0.305. The van der Waals surface area contributed by atoms with Crippen molar-refractivity contribution in [2.24, 2.45) is 0 Å². The van der Waals surface area contributed by atoms with Crippen LogP contribution in [0.1, 0.15) is 5.56 Å². The Bertz CT molecular complexity index is 377. The zero-order valence-corrected chi connectivity index (χ0v) is 6.83. The molecule has 0 spiro atoms. The van der Waals surface area contributed by atoms with Crippen LogP contribution in [0.4, 0.5) is 0 Å². The van der Waals surface area contributed by atoms with Crippen molar-refractivity contribution in [1.82, 2.24) is 0 Å². The summed E-state index contributed by atoms with van der Waals surface area (Å²) in [6, 6.07) is 12.5. The standard InChI is InChI=1S/C11H9O/c1-8-2-3-10-7-11(12)5-4-9(10)6-8/h2-5,7,12H,1H3. The molecule has 1 heteroatoms. The van der Waals surface area contributed by atoms with Crippen molar-refractivity contribution in [1.29, 1.82) is 0 Å². The molecule has 0 saturated heterocycles. The first-order chi connectivity index (χ1) is 5.75. The van der Waals surface area contributed by atoms with E-state index in [9.17, 15) is 5.11 Å². The summed E-state index contributed by atoms with van der Waals surface area (Å²) in [5, 5.41) is 11.3. The van der Waals surface area contributed by atoms with Gasteiger partial charge in [0.15, 0.2) is 0 Å². The molecule has 0 amide bonds. The van der Waals surface area contributed by atoms with E-state index in [2.05, 4.69) is 6.07 Å². The molecule has 2 aromatic rings. The smallest absolute Gasteiger partial charge is 0.116 e. The highest BCUT2D eigenvalue weighted by Gasteiger charge is 1.94. The summed E-state index contributed by atoms with van der Waals surface area (Å²) in [7, 11) is 0. The van der Waals surface area contributed by atoms with Crippen LogP contribution in [0, 0.1) is 13.0 Å². The molecule has 0 bridgehead atoms. The summed E-state index contributed by atoms with van der Waals surface area (Å²) in [4.78, 5) is 0. The fraction of sp³-hybridized carbons (Fsp3) is 0.0909. The van der Waals surface area contributed by atoms with Crippen molar-refractivity contribution in [2.45, 2.75) is 6.92 Å². The summed E-state index contributed by atoms with van der Waals surface area (Å²) < 4.78 is 0. The van der Waals surface area contributed by atoms with Crippen LogP contribution in [-0.4, -0.2) is 5.11 Å². The summed E-state index contributed by atoms with van der Waals surface area (Å²) in [6.45, 7) is 2.01. The van der Waals surface area contributed by atoms with E-state index < -0.39 is 0 Å². The normalized spacial score (nSPS) is 10.4. The van der Waals surface area contributed by atoms with Gasteiger partial charge in [-0.25, -0.2) is 0 Å². The minimum absolute atomic E-state index is 0.305. The Morgan fingerprint density at radius 1 is 1.17 bits per heavy atom. The number of fused-ring (bicyclic) bond motifs is 1. The largest absolute Gasteiger partial charge is 0.508 e. The number of aryl methyl sites for hydroxylation is 1. The molecule has 0 heterocycles. The first kappa shape index (κ1) is 7.17. The van der Waals surface area contributed by atoms with Gasteiger partial charge in [-0.1, -0.05) is 18.2 Å². The Kier molecular flexibility index (Phi) is 1.51. The monoisotopic (exact) mass is 157 g/mol. The van der Waals surface area contributed by atoms with E-state index in [-0.39, 0.29) is 0 Å². The molecule has 1 nitrogen and oxygen atoms in total. The molecule has 0 aromatic heterocycles. The molecule has 0 aliphatic carbocycles. The molecular weight excluding hydrogens is 148 g/mol. The lowest BCUT2D eigenvalue weighted by Crippen LogP contribution is -1.75. The zero-order chi connectivity index (χ0) is 8.55. The Hall–Kier alpha value is -1.50. The second-order valence-corrected chi connectivity index (χ2v) is 2.91. The van der Waals surface area contributed by atoms with Gasteiger partial charge >= 0.3 is 0 Å². The molecule has 0 atom stereocenters. The molecular formula is C11H9O. The van der Waals surface area contributed by atoms with Crippen molar-refractivity contribution in [3.8, 4) is 5.75 Å². The maximum absolute atomic E-state index is 9.19. The lowest BCUT2D eigenvalue weighted by molar-refractivity contribution is 0.476. The van der Waals surface area contributed by atoms with Crippen molar-refractivity contribution in [3.63, 3.8) is 0 Å². The maximum Gasteiger partial charge on any atom is 0.116 e. The molecule has 2 rings (SSSR count). The Labute approximate surface area is 71.3 Å². The molecule has 0 saturated carbocycles. The third-order valence-corrected chi connectivity index (χ3v) is 1.88. The van der Waals surface area contributed by atoms with Crippen LogP contribution >= 0.6 is 0 Å². The summed E-state index contributed by atoms with van der Waals surface area (Å²) in [5.41, 5.74) is 1.12. The second-order valence-electron chi connectivity index (χ2n) is 2.91. The zero-order valence-electron chi connectivity index (χ0n) is 6.83. The van der Waals surface area contributed by atoms with E-state index in [1.165, 1.54) is 0 Å². The van der Waals surface area contributed by atoms with E-state index in [0.29, 0.717) is 5.75 Å². The number of phenolic OH excluding ortho intramolecular Hbond substituents is 1. The average molecular weight is 157 g/mol. The van der Waals surface area contributed by atoms with Gasteiger partial charge in [0.25, 0.3) is 0 Å². The van der Waals surface area contributed by atoms with E-state index in [4.69, 9.17) is 0 Å². The highest BCUT2D eigenvalue weighted by atomic mass is 16.3. The van der Waals surface area contributed by atoms with Gasteiger partial charge in [-0.3, -0.25) is 0 Å². The molecule has 1 radical (unpaired) electrons. The number of benzene rings is 2. The molecule has 59 valence electrons. The highest BCUT2D eigenvalue weighted by Crippen LogP contribution is 2.19. The van der Waals surface area contributed by atoms with Crippen LogP contribution < -0.4 is 0 Å². The summed E-state index contributed by atoms with van der Waals surface area (Å²) in [5.74, 6) is 0.305. The maximum atomic E-state index is 9.19. The molecule has 0 unspecified atom stereocenters. The molecule has 12 heavy (non-hydrogen) atoms. The fourth-order valence-corrected chi connectivity index (χ4v) is 1.27. The van der Waals surface area contributed by atoms with Crippen LogP contribution in [0.15, 0.2) is 30.3 Å². The van der Waals surface area contributed by atoms with E-state index in [1.54, 1.807) is 12.1 Å². The van der Waals surface area contributed by atoms with Gasteiger partial charge in [-0.05, 0) is 41.5 Å². The lowest BCUT2D eigenvalue weighted by atomic mass is 10.1. The predicted molar refractivity (Wildman–Crippen MR) is 49.2 cm³/mol. The van der Waals surface area contributed by atoms with E-state index >= 15 is 0 Å². The number of hydrogen-bond acceptors (Lipinski definition) is 1. The third kappa shape index (κ3) is 1.14. The van der Waals surface area contributed by atoms with Crippen LogP contribution in [0.3, 0.4) is 0 Å². The van der Waals surface area contributed by atoms with Crippen molar-refractivity contribution >= 4 is 10.8 Å². The summed E-state index contributed by atoms with van der Waals surface area (Å²) in [6.07, 6.45) is 0. The van der Waals surface area contributed by atoms with Gasteiger partial charge in [0.2, 0.25) is 0 Å². The molecule has 1 N–H and O–H groups in total. The number of aromatic hydroxyl groups is 1. The third-order valence-electron chi connectivity index (χ3n) is 1.88. The Morgan fingerprint density at radius 3 is 2.83 bits per heavy atom. The average Bonchev–Trinajstić information content (AvgIpc) is 2.05. The minimum Gasteiger partial charge on any atom is -0.508 e. The molecule has 2 aromatic carbocycles. The summed E-state index contributed by atoms with van der Waals surface area (Å²) >= 11 is 0. The Balaban J connectivity index is 2.79. The van der Waals surface area contributed by atoms with Crippen molar-refractivity contribution in [3.05, 3.63) is 42.0 Å². The topological polar surface area (TPSA) is 20.2 Å². The molecule has 0 aliphatic rings. The lowest BCUT2D eigenvalue weighted by Gasteiger charge is -1.98. The van der Waals surface area contributed by atoms with Crippen molar-refractivity contribution < 1.29 is 5.11 Å². The first-order valence-corrected chi connectivity index (χ1v) is 3.87. The van der Waals surface area contributed by atoms with Gasteiger partial charge in [-0.15, -0.1) is 0 Å². The number of rotatable bonds is 0. The SMILES string of the molecule is Cc1[c]c2ccc(O)cc2cc1. The van der Waals surface area contributed by atoms with Crippen LogP contribution in [0.2, 0.25) is 0 Å². The predicted octanol–water partition coefficient (Wildman–Crippen LogP) is 2.65. The quantitative estimate of drug-likeness (QED) is 0.623. The number of hydrogen-bond donors (Lipinski definition) is 1. The van der Waals surface area contributed by atoms with Crippen LogP contribution in [-0.2, 0) is 0 Å². The van der Waals surface area contributed by atoms with Gasteiger partial charge < -0.3 is 5.11 Å². The second kappa shape index (κ2) is 2.52. The van der Waals surface area contributed by atoms with Crippen LogP contribution in [0.5, 0.6) is 5.75 Å². The van der Waals surface area contributed by atoms with Crippen LogP contribution in [0.25, 0.3) is 10.8 Å². The number of phenols is 1. The molecule has 0 aliphatic heterocycles. The van der Waals surface area contributed by atoms with Gasteiger partial charge in [0.1, 0.15) is 5.75 Å². The van der Waals surface area contributed by atoms with Gasteiger partial charge in [0, 0.05) is 0 Å².